The highest BCUT2D eigenvalue weighted by Crippen LogP contribution is 2.25. The second-order valence-corrected chi connectivity index (χ2v) is 5.12. The Hall–Kier alpha value is -0.610. The number of hydrogen-bond acceptors (Lipinski definition) is 3. The Kier molecular flexibility index (Phi) is 5.22. The van der Waals surface area contributed by atoms with E-state index in [0.29, 0.717) is 12.3 Å². The molecule has 1 saturated carbocycles. The molecule has 0 radical (unpaired) electrons. The maximum Gasteiger partial charge on any atom is 0.226 e. The Morgan fingerprint density at radius 3 is 2.56 bits per heavy atom. The summed E-state index contributed by atoms with van der Waals surface area (Å²) in [5.41, 5.74) is 0. The van der Waals surface area contributed by atoms with Crippen molar-refractivity contribution in [3.05, 3.63) is 0 Å². The summed E-state index contributed by atoms with van der Waals surface area (Å²) in [6.45, 7) is 4.07. The topological polar surface area (TPSA) is 69.6 Å². The minimum absolute atomic E-state index is 0.0350. The highest BCUT2D eigenvalue weighted by atomic mass is 16.3. The monoisotopic (exact) mass is 229 g/mol. The van der Waals surface area contributed by atoms with Crippen LogP contribution in [0.25, 0.3) is 0 Å². The van der Waals surface area contributed by atoms with Crippen LogP contribution in [0.15, 0.2) is 0 Å². The summed E-state index contributed by atoms with van der Waals surface area (Å²) in [6.07, 6.45) is 2.65. The van der Waals surface area contributed by atoms with Gasteiger partial charge in [-0.2, -0.15) is 0 Å². The SMILES string of the molecule is CC(C)CC(CO)NC(=O)C1CCCC1O. The second-order valence-electron chi connectivity index (χ2n) is 5.12. The fourth-order valence-electron chi connectivity index (χ4n) is 2.30. The van der Waals surface area contributed by atoms with Crippen molar-refractivity contribution < 1.29 is 15.0 Å². The van der Waals surface area contributed by atoms with Gasteiger partial charge in [0.1, 0.15) is 0 Å². The largest absolute Gasteiger partial charge is 0.394 e. The first-order valence-corrected chi connectivity index (χ1v) is 6.14. The third-order valence-corrected chi connectivity index (χ3v) is 3.14. The number of amides is 1. The molecule has 0 saturated heterocycles. The van der Waals surface area contributed by atoms with E-state index in [-0.39, 0.29) is 24.5 Å². The Balaban J connectivity index is 2.42. The first-order chi connectivity index (χ1) is 7.54. The second kappa shape index (κ2) is 6.21. The molecule has 94 valence electrons. The molecule has 0 aliphatic heterocycles. The van der Waals surface area contributed by atoms with Gasteiger partial charge >= 0.3 is 0 Å². The average Bonchev–Trinajstić information content (AvgIpc) is 2.62. The zero-order chi connectivity index (χ0) is 12.1. The molecule has 3 atom stereocenters. The van der Waals surface area contributed by atoms with Gasteiger partial charge in [0.25, 0.3) is 0 Å². The quantitative estimate of drug-likeness (QED) is 0.649. The molecule has 1 fully saturated rings. The highest BCUT2D eigenvalue weighted by molar-refractivity contribution is 5.79. The number of aliphatic hydroxyl groups is 2. The lowest BCUT2D eigenvalue weighted by Gasteiger charge is -2.21. The van der Waals surface area contributed by atoms with Crippen molar-refractivity contribution in [3.8, 4) is 0 Å². The van der Waals surface area contributed by atoms with Gasteiger partial charge in [-0.3, -0.25) is 4.79 Å². The van der Waals surface area contributed by atoms with Crippen molar-refractivity contribution in [2.45, 2.75) is 51.7 Å². The molecule has 0 bridgehead atoms. The van der Waals surface area contributed by atoms with Gasteiger partial charge in [-0.1, -0.05) is 13.8 Å². The van der Waals surface area contributed by atoms with Gasteiger partial charge in [0.05, 0.1) is 24.7 Å². The Labute approximate surface area is 97.0 Å². The maximum absolute atomic E-state index is 11.8. The Morgan fingerprint density at radius 1 is 1.44 bits per heavy atom. The molecule has 0 spiro atoms. The van der Waals surface area contributed by atoms with Crippen molar-refractivity contribution in [3.63, 3.8) is 0 Å². The van der Waals surface area contributed by atoms with Crippen LogP contribution in [0.3, 0.4) is 0 Å². The third kappa shape index (κ3) is 3.76. The zero-order valence-electron chi connectivity index (χ0n) is 10.1. The lowest BCUT2D eigenvalue weighted by atomic mass is 10.0. The summed E-state index contributed by atoms with van der Waals surface area (Å²) in [5.74, 6) is 0.0527. The molecular weight excluding hydrogens is 206 g/mol. The van der Waals surface area contributed by atoms with Crippen molar-refractivity contribution in [1.29, 1.82) is 0 Å². The Morgan fingerprint density at radius 2 is 2.12 bits per heavy atom. The summed E-state index contributed by atoms with van der Waals surface area (Å²) in [4.78, 5) is 11.8. The molecule has 0 heterocycles. The number of hydrogen-bond donors (Lipinski definition) is 3. The molecule has 1 rings (SSSR count). The number of aliphatic hydroxyl groups excluding tert-OH is 2. The first kappa shape index (κ1) is 13.5. The molecule has 0 aromatic heterocycles. The van der Waals surface area contributed by atoms with Gasteiger partial charge < -0.3 is 15.5 Å². The molecule has 4 heteroatoms. The van der Waals surface area contributed by atoms with Gasteiger partial charge in [0, 0.05) is 0 Å². The molecule has 1 amide bonds. The first-order valence-electron chi connectivity index (χ1n) is 6.14. The number of nitrogens with one attached hydrogen (secondary N) is 1. The molecule has 4 nitrogen and oxygen atoms in total. The average molecular weight is 229 g/mol. The highest BCUT2D eigenvalue weighted by Gasteiger charge is 2.32. The van der Waals surface area contributed by atoms with E-state index < -0.39 is 6.10 Å². The van der Waals surface area contributed by atoms with E-state index in [0.717, 1.165) is 19.3 Å². The molecule has 1 aliphatic carbocycles. The van der Waals surface area contributed by atoms with Crippen LogP contribution in [0.5, 0.6) is 0 Å². The van der Waals surface area contributed by atoms with Crippen LogP contribution in [0.1, 0.15) is 39.5 Å². The summed E-state index contributed by atoms with van der Waals surface area (Å²) in [5, 5.41) is 21.6. The van der Waals surface area contributed by atoms with E-state index in [4.69, 9.17) is 5.11 Å². The molecular formula is C12H23NO3. The summed E-state index contributed by atoms with van der Waals surface area (Å²) in [6, 6.07) is -0.180. The molecule has 16 heavy (non-hydrogen) atoms. The van der Waals surface area contributed by atoms with Crippen molar-refractivity contribution in [2.75, 3.05) is 6.61 Å². The van der Waals surface area contributed by atoms with Crippen LogP contribution in [0, 0.1) is 11.8 Å². The molecule has 0 aromatic rings. The van der Waals surface area contributed by atoms with Gasteiger partial charge in [0.15, 0.2) is 0 Å². The summed E-state index contributed by atoms with van der Waals surface area (Å²) >= 11 is 0. The van der Waals surface area contributed by atoms with Gasteiger partial charge in [0.2, 0.25) is 5.91 Å². The smallest absolute Gasteiger partial charge is 0.226 e. The number of carbonyl (C=O) groups is 1. The van der Waals surface area contributed by atoms with E-state index >= 15 is 0 Å². The zero-order valence-corrected chi connectivity index (χ0v) is 10.1. The van der Waals surface area contributed by atoms with Crippen LogP contribution in [-0.4, -0.2) is 34.9 Å². The van der Waals surface area contributed by atoms with Crippen molar-refractivity contribution in [1.82, 2.24) is 5.32 Å². The third-order valence-electron chi connectivity index (χ3n) is 3.14. The summed E-state index contributed by atoms with van der Waals surface area (Å²) < 4.78 is 0. The lowest BCUT2D eigenvalue weighted by molar-refractivity contribution is -0.128. The molecule has 3 N–H and O–H groups in total. The maximum atomic E-state index is 11.8. The minimum Gasteiger partial charge on any atom is -0.394 e. The van der Waals surface area contributed by atoms with Crippen LogP contribution in [0.4, 0.5) is 0 Å². The number of rotatable bonds is 5. The van der Waals surface area contributed by atoms with E-state index in [9.17, 15) is 9.90 Å². The fraction of sp³-hybridized carbons (Fsp3) is 0.917. The van der Waals surface area contributed by atoms with Crippen molar-refractivity contribution in [2.24, 2.45) is 11.8 Å². The molecule has 3 unspecified atom stereocenters. The number of carbonyl (C=O) groups excluding carboxylic acids is 1. The van der Waals surface area contributed by atoms with E-state index in [1.54, 1.807) is 0 Å². The van der Waals surface area contributed by atoms with E-state index in [2.05, 4.69) is 19.2 Å². The normalized spacial score (nSPS) is 27.1. The van der Waals surface area contributed by atoms with Crippen molar-refractivity contribution >= 4 is 5.91 Å². The standard InChI is InChI=1S/C12H23NO3/c1-8(2)6-9(7-14)13-12(16)10-4-3-5-11(10)15/h8-11,14-15H,3-7H2,1-2H3,(H,13,16). The predicted octanol–water partition coefficient (Wildman–Crippen LogP) is 0.671. The van der Waals surface area contributed by atoms with Crippen LogP contribution >= 0.6 is 0 Å². The summed E-state index contributed by atoms with van der Waals surface area (Å²) in [7, 11) is 0. The van der Waals surface area contributed by atoms with Gasteiger partial charge in [-0.05, 0) is 31.6 Å². The van der Waals surface area contributed by atoms with Gasteiger partial charge in [-0.25, -0.2) is 0 Å². The Bertz CT molecular complexity index is 230. The van der Waals surface area contributed by atoms with Crippen LogP contribution < -0.4 is 5.32 Å². The fourth-order valence-corrected chi connectivity index (χ4v) is 2.30. The van der Waals surface area contributed by atoms with E-state index in [1.807, 2.05) is 0 Å². The minimum atomic E-state index is -0.501. The molecule has 0 aromatic carbocycles. The predicted molar refractivity (Wildman–Crippen MR) is 61.8 cm³/mol. The van der Waals surface area contributed by atoms with Crippen LogP contribution in [-0.2, 0) is 4.79 Å². The molecule has 1 aliphatic rings. The van der Waals surface area contributed by atoms with Crippen LogP contribution in [0.2, 0.25) is 0 Å². The van der Waals surface area contributed by atoms with E-state index in [1.165, 1.54) is 0 Å². The lowest BCUT2D eigenvalue weighted by Crippen LogP contribution is -2.43. The van der Waals surface area contributed by atoms with Gasteiger partial charge in [-0.15, -0.1) is 0 Å².